The van der Waals surface area contributed by atoms with Crippen LogP contribution in [0.4, 0.5) is 0 Å². The topological polar surface area (TPSA) is 90.2 Å². The standard InChI is InChI=1S/C11H14N2O3S/c1-11(2,14)8-13-17(15,16)10-5-3-9(7-12)4-6-10/h3-6,13-14H,8H2,1-2H3. The number of hydrogen-bond acceptors (Lipinski definition) is 4. The zero-order valence-corrected chi connectivity index (χ0v) is 10.5. The molecule has 2 N–H and O–H groups in total. The molecule has 0 fully saturated rings. The molecule has 0 spiro atoms. The maximum Gasteiger partial charge on any atom is 0.240 e. The smallest absolute Gasteiger partial charge is 0.240 e. The fourth-order valence-corrected chi connectivity index (χ4v) is 2.27. The molecule has 0 aliphatic carbocycles. The van der Waals surface area contributed by atoms with Crippen LogP contribution in [0.2, 0.25) is 0 Å². The fraction of sp³-hybridized carbons (Fsp3) is 0.364. The van der Waals surface area contributed by atoms with Gasteiger partial charge < -0.3 is 5.11 Å². The van der Waals surface area contributed by atoms with E-state index in [4.69, 9.17) is 5.26 Å². The van der Waals surface area contributed by atoms with E-state index in [0.29, 0.717) is 5.56 Å². The molecule has 92 valence electrons. The van der Waals surface area contributed by atoms with E-state index < -0.39 is 15.6 Å². The van der Waals surface area contributed by atoms with Crippen LogP contribution in [0.5, 0.6) is 0 Å². The first-order valence-corrected chi connectivity index (χ1v) is 6.45. The molecule has 0 aliphatic heterocycles. The van der Waals surface area contributed by atoms with Gasteiger partial charge in [-0.2, -0.15) is 5.26 Å². The Labute approximate surface area is 101 Å². The van der Waals surface area contributed by atoms with Crippen LogP contribution in [0.25, 0.3) is 0 Å². The Hall–Kier alpha value is -1.42. The average molecular weight is 254 g/mol. The first kappa shape index (κ1) is 13.6. The van der Waals surface area contributed by atoms with E-state index in [1.807, 2.05) is 6.07 Å². The highest BCUT2D eigenvalue weighted by Crippen LogP contribution is 2.10. The van der Waals surface area contributed by atoms with E-state index in [1.165, 1.54) is 38.1 Å². The monoisotopic (exact) mass is 254 g/mol. The van der Waals surface area contributed by atoms with E-state index in [-0.39, 0.29) is 11.4 Å². The van der Waals surface area contributed by atoms with Gasteiger partial charge in [-0.15, -0.1) is 0 Å². The molecule has 6 heteroatoms. The van der Waals surface area contributed by atoms with Crippen LogP contribution in [0, 0.1) is 11.3 Å². The van der Waals surface area contributed by atoms with Gasteiger partial charge in [0.05, 0.1) is 22.1 Å². The molecule has 0 unspecified atom stereocenters. The van der Waals surface area contributed by atoms with Crippen molar-refractivity contribution >= 4 is 10.0 Å². The van der Waals surface area contributed by atoms with Gasteiger partial charge >= 0.3 is 0 Å². The van der Waals surface area contributed by atoms with Crippen molar-refractivity contribution in [2.24, 2.45) is 0 Å². The molecule has 0 saturated heterocycles. The highest BCUT2D eigenvalue weighted by atomic mass is 32.2. The minimum absolute atomic E-state index is 0.0701. The molecular weight excluding hydrogens is 240 g/mol. The van der Waals surface area contributed by atoms with Gasteiger partial charge in [-0.1, -0.05) is 0 Å². The Bertz CT molecular complexity index is 521. The normalized spacial score (nSPS) is 12.1. The van der Waals surface area contributed by atoms with Gasteiger partial charge in [0.1, 0.15) is 0 Å². The Morgan fingerprint density at radius 3 is 2.29 bits per heavy atom. The molecule has 1 rings (SSSR count). The molecule has 0 amide bonds. The van der Waals surface area contributed by atoms with Gasteiger partial charge in [-0.25, -0.2) is 13.1 Å². The summed E-state index contributed by atoms with van der Waals surface area (Å²) in [6.07, 6.45) is 0. The number of rotatable bonds is 4. The third kappa shape index (κ3) is 4.15. The first-order chi connectivity index (χ1) is 7.74. The number of benzene rings is 1. The van der Waals surface area contributed by atoms with Crippen molar-refractivity contribution in [1.29, 1.82) is 5.26 Å². The summed E-state index contributed by atoms with van der Waals surface area (Å²) in [4.78, 5) is 0.0701. The molecule has 1 aromatic carbocycles. The molecule has 1 aromatic rings. The third-order valence-corrected chi connectivity index (χ3v) is 3.41. The van der Waals surface area contributed by atoms with Crippen molar-refractivity contribution in [1.82, 2.24) is 4.72 Å². The predicted octanol–water partition coefficient (Wildman–Crippen LogP) is 0.607. The molecule has 17 heavy (non-hydrogen) atoms. The molecule has 0 saturated carbocycles. The van der Waals surface area contributed by atoms with E-state index >= 15 is 0 Å². The highest BCUT2D eigenvalue weighted by Gasteiger charge is 2.19. The lowest BCUT2D eigenvalue weighted by Crippen LogP contribution is -2.38. The van der Waals surface area contributed by atoms with Crippen molar-refractivity contribution in [3.63, 3.8) is 0 Å². The summed E-state index contributed by atoms with van der Waals surface area (Å²) in [7, 11) is -3.64. The van der Waals surface area contributed by atoms with E-state index in [2.05, 4.69) is 4.72 Å². The molecular formula is C11H14N2O3S. The van der Waals surface area contributed by atoms with Gasteiger partial charge in [0, 0.05) is 6.54 Å². The number of nitriles is 1. The van der Waals surface area contributed by atoms with Gasteiger partial charge in [0.15, 0.2) is 0 Å². The summed E-state index contributed by atoms with van der Waals surface area (Å²) in [5.41, 5.74) is -0.717. The van der Waals surface area contributed by atoms with Gasteiger partial charge in [-0.05, 0) is 38.1 Å². The van der Waals surface area contributed by atoms with E-state index in [9.17, 15) is 13.5 Å². The summed E-state index contributed by atoms with van der Waals surface area (Å²) in [5.74, 6) is 0. The Morgan fingerprint density at radius 1 is 1.35 bits per heavy atom. The third-order valence-electron chi connectivity index (χ3n) is 1.99. The van der Waals surface area contributed by atoms with Crippen molar-refractivity contribution in [3.05, 3.63) is 29.8 Å². The zero-order valence-electron chi connectivity index (χ0n) is 9.64. The largest absolute Gasteiger partial charge is 0.389 e. The quantitative estimate of drug-likeness (QED) is 0.823. The Morgan fingerprint density at radius 2 is 1.88 bits per heavy atom. The Balaban J connectivity index is 2.87. The van der Waals surface area contributed by atoms with Gasteiger partial charge in [0.2, 0.25) is 10.0 Å². The Kier molecular flexibility index (Phi) is 3.88. The molecule has 5 nitrogen and oxygen atoms in total. The lowest BCUT2D eigenvalue weighted by atomic mass is 10.1. The van der Waals surface area contributed by atoms with Crippen molar-refractivity contribution < 1.29 is 13.5 Å². The lowest BCUT2D eigenvalue weighted by molar-refractivity contribution is 0.0857. The summed E-state index contributed by atoms with van der Waals surface area (Å²) >= 11 is 0. The van der Waals surface area contributed by atoms with Crippen LogP contribution in [-0.4, -0.2) is 25.7 Å². The van der Waals surface area contributed by atoms with Crippen LogP contribution < -0.4 is 4.72 Å². The summed E-state index contributed by atoms with van der Waals surface area (Å²) in [6, 6.07) is 7.47. The van der Waals surface area contributed by atoms with E-state index in [0.717, 1.165) is 0 Å². The van der Waals surface area contributed by atoms with Gasteiger partial charge in [-0.3, -0.25) is 0 Å². The van der Waals surface area contributed by atoms with Crippen molar-refractivity contribution in [2.45, 2.75) is 24.3 Å². The zero-order chi connectivity index (χ0) is 13.1. The molecule has 0 atom stereocenters. The number of nitrogens with one attached hydrogen (secondary N) is 1. The summed E-state index contributed by atoms with van der Waals surface area (Å²) < 4.78 is 25.8. The van der Waals surface area contributed by atoms with Crippen LogP contribution in [0.15, 0.2) is 29.2 Å². The molecule has 0 bridgehead atoms. The van der Waals surface area contributed by atoms with Crippen LogP contribution in [0.1, 0.15) is 19.4 Å². The van der Waals surface area contributed by atoms with Crippen molar-refractivity contribution in [3.8, 4) is 6.07 Å². The highest BCUT2D eigenvalue weighted by molar-refractivity contribution is 7.89. The van der Waals surface area contributed by atoms with Crippen molar-refractivity contribution in [2.75, 3.05) is 6.54 Å². The fourth-order valence-electron chi connectivity index (χ4n) is 1.06. The van der Waals surface area contributed by atoms with Gasteiger partial charge in [0.25, 0.3) is 0 Å². The van der Waals surface area contributed by atoms with E-state index in [1.54, 1.807) is 0 Å². The number of sulfonamides is 1. The predicted molar refractivity (Wildman–Crippen MR) is 62.6 cm³/mol. The molecule has 0 aromatic heterocycles. The molecule has 0 heterocycles. The maximum atomic E-state index is 11.8. The second kappa shape index (κ2) is 4.84. The first-order valence-electron chi connectivity index (χ1n) is 4.97. The lowest BCUT2D eigenvalue weighted by Gasteiger charge is -2.17. The van der Waals surface area contributed by atoms with Crippen LogP contribution in [-0.2, 0) is 10.0 Å². The second-order valence-electron chi connectivity index (χ2n) is 4.27. The molecule has 0 aliphatic rings. The minimum Gasteiger partial charge on any atom is -0.389 e. The number of aliphatic hydroxyl groups is 1. The summed E-state index contributed by atoms with van der Waals surface area (Å²) in [5, 5.41) is 18.0. The second-order valence-corrected chi connectivity index (χ2v) is 6.04. The molecule has 0 radical (unpaired) electrons. The average Bonchev–Trinajstić information content (AvgIpc) is 2.26. The minimum atomic E-state index is -3.64. The van der Waals surface area contributed by atoms with Crippen LogP contribution in [0.3, 0.4) is 0 Å². The summed E-state index contributed by atoms with van der Waals surface area (Å²) in [6.45, 7) is 2.94. The number of hydrogen-bond donors (Lipinski definition) is 2. The SMILES string of the molecule is CC(C)(O)CNS(=O)(=O)c1ccc(C#N)cc1. The maximum absolute atomic E-state index is 11.8. The number of nitrogens with zero attached hydrogens (tertiary/aromatic N) is 1. The van der Waals surface area contributed by atoms with Crippen LogP contribution >= 0.6 is 0 Å².